The first-order valence-electron chi connectivity index (χ1n) is 8.60. The molecule has 5 nitrogen and oxygen atoms in total. The monoisotopic (exact) mass is 352 g/mol. The minimum absolute atomic E-state index is 0.112. The molecule has 2 N–H and O–H groups in total. The highest BCUT2D eigenvalue weighted by Crippen LogP contribution is 2.29. The number of aromatic nitrogens is 2. The van der Waals surface area contributed by atoms with Crippen molar-refractivity contribution < 1.29 is 4.79 Å². The van der Waals surface area contributed by atoms with E-state index < -0.39 is 0 Å². The Labute approximate surface area is 150 Å². The van der Waals surface area contributed by atoms with E-state index in [1.807, 2.05) is 37.3 Å². The first-order valence-corrected chi connectivity index (χ1v) is 9.42. The van der Waals surface area contributed by atoms with Gasteiger partial charge in [0.15, 0.2) is 0 Å². The first kappa shape index (κ1) is 16.0. The molecule has 1 aliphatic rings. The highest BCUT2D eigenvalue weighted by molar-refractivity contribution is 7.11. The molecule has 0 bridgehead atoms. The number of carbonyl (C=O) groups excluding carboxylic acids is 1. The number of hydrogen-bond acceptors (Lipinski definition) is 4. The van der Waals surface area contributed by atoms with Gasteiger partial charge in [0.2, 0.25) is 0 Å². The smallest absolute Gasteiger partial charge is 0.319 e. The third kappa shape index (κ3) is 3.35. The number of thiazole rings is 1. The number of benzene rings is 1. The fraction of sp³-hybridized carbons (Fsp3) is 0.316. The predicted octanol–water partition coefficient (Wildman–Crippen LogP) is 4.45. The summed E-state index contributed by atoms with van der Waals surface area (Å²) in [5.41, 5.74) is 2.72. The maximum absolute atomic E-state index is 12.4. The van der Waals surface area contributed by atoms with Crippen LogP contribution in [0.25, 0.3) is 10.9 Å². The van der Waals surface area contributed by atoms with Crippen LogP contribution in [0.5, 0.6) is 0 Å². The Hall–Kier alpha value is -2.47. The molecule has 6 heteroatoms. The molecule has 1 aromatic carbocycles. The van der Waals surface area contributed by atoms with Gasteiger partial charge in [-0.15, -0.1) is 11.3 Å². The van der Waals surface area contributed by atoms with E-state index in [4.69, 9.17) is 4.98 Å². The topological polar surface area (TPSA) is 66.9 Å². The van der Waals surface area contributed by atoms with Gasteiger partial charge in [0.05, 0.1) is 22.9 Å². The number of pyridine rings is 1. The van der Waals surface area contributed by atoms with E-state index in [0.29, 0.717) is 5.69 Å². The highest BCUT2D eigenvalue weighted by atomic mass is 32.1. The quantitative estimate of drug-likeness (QED) is 0.732. The van der Waals surface area contributed by atoms with Crippen molar-refractivity contribution in [1.82, 2.24) is 15.3 Å². The molecule has 0 spiro atoms. The van der Waals surface area contributed by atoms with E-state index >= 15 is 0 Å². The molecule has 0 aliphatic heterocycles. The van der Waals surface area contributed by atoms with Crippen molar-refractivity contribution in [3.05, 3.63) is 52.1 Å². The summed E-state index contributed by atoms with van der Waals surface area (Å²) in [5.74, 6) is 0. The number of amides is 2. The molecule has 128 valence electrons. The SMILES string of the molecule is C[C@@H](NC(=O)Nc1cccc2cccnc12)c1nc2c(s1)CCCC2. The number of fused-ring (bicyclic) bond motifs is 2. The van der Waals surface area contributed by atoms with Gasteiger partial charge in [0, 0.05) is 16.5 Å². The second-order valence-corrected chi connectivity index (χ2v) is 7.45. The average Bonchev–Trinajstić information content (AvgIpc) is 3.06. The van der Waals surface area contributed by atoms with Gasteiger partial charge in [-0.1, -0.05) is 18.2 Å². The number of anilines is 1. The van der Waals surface area contributed by atoms with Gasteiger partial charge < -0.3 is 10.6 Å². The van der Waals surface area contributed by atoms with E-state index in [1.165, 1.54) is 23.4 Å². The number of nitrogens with zero attached hydrogens (tertiary/aromatic N) is 2. The van der Waals surface area contributed by atoms with Gasteiger partial charge in [-0.2, -0.15) is 0 Å². The summed E-state index contributed by atoms with van der Waals surface area (Å²) in [6, 6.07) is 9.28. The molecule has 25 heavy (non-hydrogen) atoms. The zero-order chi connectivity index (χ0) is 17.2. The van der Waals surface area contributed by atoms with Crippen LogP contribution < -0.4 is 10.6 Å². The molecule has 0 radical (unpaired) electrons. The van der Waals surface area contributed by atoms with Crippen LogP contribution in [-0.2, 0) is 12.8 Å². The Morgan fingerprint density at radius 1 is 1.20 bits per heavy atom. The molecule has 0 saturated heterocycles. The zero-order valence-corrected chi connectivity index (χ0v) is 14.9. The molecule has 2 amide bonds. The Morgan fingerprint density at radius 3 is 2.92 bits per heavy atom. The molecular weight excluding hydrogens is 332 g/mol. The Bertz CT molecular complexity index is 892. The minimum atomic E-state index is -0.237. The lowest BCUT2D eigenvalue weighted by molar-refractivity contribution is 0.249. The van der Waals surface area contributed by atoms with Gasteiger partial charge in [-0.05, 0) is 44.7 Å². The molecule has 0 fully saturated rings. The summed E-state index contributed by atoms with van der Waals surface area (Å²) in [5, 5.41) is 7.89. The van der Waals surface area contributed by atoms with Gasteiger partial charge in [0.25, 0.3) is 0 Å². The summed E-state index contributed by atoms with van der Waals surface area (Å²) in [6.07, 6.45) is 6.37. The van der Waals surface area contributed by atoms with Crippen LogP contribution in [0.1, 0.15) is 41.4 Å². The molecule has 2 aromatic heterocycles. The molecule has 1 atom stereocenters. The largest absolute Gasteiger partial charge is 0.329 e. The maximum Gasteiger partial charge on any atom is 0.319 e. The molecule has 0 saturated carbocycles. The average molecular weight is 352 g/mol. The second-order valence-electron chi connectivity index (χ2n) is 6.33. The number of para-hydroxylation sites is 1. The van der Waals surface area contributed by atoms with E-state index in [2.05, 4.69) is 15.6 Å². The van der Waals surface area contributed by atoms with Crippen molar-refractivity contribution in [3.8, 4) is 0 Å². The number of rotatable bonds is 3. The summed E-state index contributed by atoms with van der Waals surface area (Å²) < 4.78 is 0. The van der Waals surface area contributed by atoms with Crippen LogP contribution in [0.4, 0.5) is 10.5 Å². The fourth-order valence-electron chi connectivity index (χ4n) is 3.18. The zero-order valence-electron chi connectivity index (χ0n) is 14.1. The Kier molecular flexibility index (Phi) is 4.36. The normalized spacial score (nSPS) is 14.8. The van der Waals surface area contributed by atoms with Crippen LogP contribution in [0, 0.1) is 0 Å². The van der Waals surface area contributed by atoms with E-state index in [-0.39, 0.29) is 12.1 Å². The number of carbonyl (C=O) groups is 1. The van der Waals surface area contributed by atoms with Crippen LogP contribution >= 0.6 is 11.3 Å². The molecule has 3 aromatic rings. The van der Waals surface area contributed by atoms with Crippen LogP contribution in [0.2, 0.25) is 0 Å². The Balaban J connectivity index is 1.47. The van der Waals surface area contributed by atoms with Crippen LogP contribution in [0.3, 0.4) is 0 Å². The van der Waals surface area contributed by atoms with Crippen molar-refractivity contribution in [2.24, 2.45) is 0 Å². The maximum atomic E-state index is 12.4. The Morgan fingerprint density at radius 2 is 2.04 bits per heavy atom. The van der Waals surface area contributed by atoms with Gasteiger partial charge in [-0.25, -0.2) is 9.78 Å². The van der Waals surface area contributed by atoms with E-state index in [1.54, 1.807) is 17.5 Å². The van der Waals surface area contributed by atoms with Gasteiger partial charge in [-0.3, -0.25) is 4.98 Å². The summed E-state index contributed by atoms with van der Waals surface area (Å²) in [4.78, 5) is 22.9. The highest BCUT2D eigenvalue weighted by Gasteiger charge is 2.19. The van der Waals surface area contributed by atoms with Gasteiger partial charge >= 0.3 is 6.03 Å². The third-order valence-corrected chi connectivity index (χ3v) is 5.80. The van der Waals surface area contributed by atoms with Crippen LogP contribution in [0.15, 0.2) is 36.5 Å². The lowest BCUT2D eigenvalue weighted by atomic mass is 10.0. The summed E-state index contributed by atoms with van der Waals surface area (Å²) >= 11 is 1.73. The van der Waals surface area contributed by atoms with Crippen molar-refractivity contribution in [1.29, 1.82) is 0 Å². The lowest BCUT2D eigenvalue weighted by Crippen LogP contribution is -2.31. The second kappa shape index (κ2) is 6.80. The van der Waals surface area contributed by atoms with Crippen molar-refractivity contribution in [3.63, 3.8) is 0 Å². The molecule has 0 unspecified atom stereocenters. The standard InChI is InChI=1S/C19H20N4OS/c1-12(18-22-14-8-2-3-10-16(14)25-18)21-19(24)23-15-9-4-6-13-7-5-11-20-17(13)15/h4-7,9,11-12H,2-3,8,10H2,1H3,(H2,21,23,24)/t12-/m1/s1. The molecule has 4 rings (SSSR count). The molecular formula is C19H20N4OS. The van der Waals surface area contributed by atoms with Crippen molar-refractivity contribution in [2.75, 3.05) is 5.32 Å². The van der Waals surface area contributed by atoms with Crippen LogP contribution in [-0.4, -0.2) is 16.0 Å². The number of hydrogen-bond donors (Lipinski definition) is 2. The summed E-state index contributed by atoms with van der Waals surface area (Å²) in [6.45, 7) is 1.98. The third-order valence-electron chi connectivity index (χ3n) is 4.46. The van der Waals surface area contributed by atoms with E-state index in [9.17, 15) is 4.79 Å². The van der Waals surface area contributed by atoms with E-state index in [0.717, 1.165) is 28.8 Å². The van der Waals surface area contributed by atoms with Crippen molar-refractivity contribution in [2.45, 2.75) is 38.6 Å². The fourth-order valence-corrected chi connectivity index (χ4v) is 4.33. The lowest BCUT2D eigenvalue weighted by Gasteiger charge is -2.13. The summed E-state index contributed by atoms with van der Waals surface area (Å²) in [7, 11) is 0. The number of aryl methyl sites for hydroxylation is 2. The van der Waals surface area contributed by atoms with Crippen molar-refractivity contribution >= 4 is 34.0 Å². The first-order chi connectivity index (χ1) is 12.2. The predicted molar refractivity (Wildman–Crippen MR) is 101 cm³/mol. The molecule has 2 heterocycles. The molecule has 1 aliphatic carbocycles. The number of nitrogens with one attached hydrogen (secondary N) is 2. The minimum Gasteiger partial charge on any atom is -0.329 e. The number of urea groups is 1. The van der Waals surface area contributed by atoms with Gasteiger partial charge in [0.1, 0.15) is 5.01 Å².